The molecule has 0 fully saturated rings. The van der Waals surface area contributed by atoms with Crippen LogP contribution < -0.4 is 9.62 Å². The maximum Gasteiger partial charge on any atom is 0.251 e. The molecule has 2 aromatic rings. The molecule has 0 radical (unpaired) electrons. The summed E-state index contributed by atoms with van der Waals surface area (Å²) in [5, 5.41) is 2.94. The second-order valence-corrected chi connectivity index (χ2v) is 8.29. The van der Waals surface area contributed by atoms with E-state index < -0.39 is 10.0 Å². The van der Waals surface area contributed by atoms with Gasteiger partial charge in [-0.15, -0.1) is 0 Å². The molecule has 0 atom stereocenters. The lowest BCUT2D eigenvalue weighted by Crippen LogP contribution is -2.26. The quantitative estimate of drug-likeness (QED) is 0.810. The molecular formula is C20H26N2O3S. The van der Waals surface area contributed by atoms with E-state index in [2.05, 4.69) is 37.4 Å². The van der Waals surface area contributed by atoms with Crippen LogP contribution in [0, 0.1) is 0 Å². The Balaban J connectivity index is 2.16. The second kappa shape index (κ2) is 8.36. The molecule has 2 aromatic carbocycles. The van der Waals surface area contributed by atoms with Gasteiger partial charge in [-0.2, -0.15) is 0 Å². The highest BCUT2D eigenvalue weighted by molar-refractivity contribution is 7.92. The van der Waals surface area contributed by atoms with Crippen LogP contribution in [-0.2, 0) is 29.4 Å². The summed E-state index contributed by atoms with van der Waals surface area (Å²) in [5.74, 6) is -0.224. The molecule has 2 rings (SSSR count). The minimum Gasteiger partial charge on any atom is -0.348 e. The number of nitrogens with one attached hydrogen (secondary N) is 1. The molecule has 0 aliphatic rings. The smallest absolute Gasteiger partial charge is 0.251 e. The third-order valence-corrected chi connectivity index (χ3v) is 5.67. The largest absolute Gasteiger partial charge is 0.348 e. The molecule has 0 unspecified atom stereocenters. The molecule has 0 spiro atoms. The molecule has 0 aliphatic heterocycles. The van der Waals surface area contributed by atoms with Crippen molar-refractivity contribution in [3.8, 4) is 0 Å². The monoisotopic (exact) mass is 374 g/mol. The maximum absolute atomic E-state index is 12.5. The highest BCUT2D eigenvalue weighted by atomic mass is 32.2. The predicted molar refractivity (Wildman–Crippen MR) is 106 cm³/mol. The Hall–Kier alpha value is -2.34. The number of carbonyl (C=O) groups excluding carboxylic acids is 1. The van der Waals surface area contributed by atoms with E-state index in [1.165, 1.54) is 18.2 Å². The van der Waals surface area contributed by atoms with Crippen LogP contribution in [0.15, 0.2) is 42.5 Å². The molecule has 0 aliphatic carbocycles. The van der Waals surface area contributed by atoms with E-state index >= 15 is 0 Å². The molecule has 1 amide bonds. The molecule has 140 valence electrons. The zero-order chi connectivity index (χ0) is 19.3. The summed E-state index contributed by atoms with van der Waals surface area (Å²) < 4.78 is 24.5. The van der Waals surface area contributed by atoms with Gasteiger partial charge >= 0.3 is 0 Å². The van der Waals surface area contributed by atoms with Crippen molar-refractivity contribution in [1.82, 2.24) is 5.32 Å². The Morgan fingerprint density at radius 1 is 1.04 bits per heavy atom. The Labute approximate surface area is 156 Å². The summed E-state index contributed by atoms with van der Waals surface area (Å²) in [5.41, 5.74) is 4.46. The third kappa shape index (κ3) is 4.85. The van der Waals surface area contributed by atoms with Gasteiger partial charge < -0.3 is 5.32 Å². The van der Waals surface area contributed by atoms with E-state index in [1.807, 2.05) is 0 Å². The molecule has 26 heavy (non-hydrogen) atoms. The highest BCUT2D eigenvalue weighted by Gasteiger charge is 2.14. The summed E-state index contributed by atoms with van der Waals surface area (Å²) in [4.78, 5) is 12.5. The summed E-state index contributed by atoms with van der Waals surface area (Å²) >= 11 is 0. The Morgan fingerprint density at radius 3 is 2.38 bits per heavy atom. The third-order valence-electron chi connectivity index (χ3n) is 4.47. The molecule has 1 N–H and O–H groups in total. The van der Waals surface area contributed by atoms with Crippen molar-refractivity contribution in [2.75, 3.05) is 17.6 Å². The fourth-order valence-electron chi connectivity index (χ4n) is 2.72. The van der Waals surface area contributed by atoms with Gasteiger partial charge in [0, 0.05) is 19.2 Å². The van der Waals surface area contributed by atoms with Crippen LogP contribution in [0.25, 0.3) is 0 Å². The molecule has 5 nitrogen and oxygen atoms in total. The first-order valence-electron chi connectivity index (χ1n) is 8.69. The average molecular weight is 375 g/mol. The van der Waals surface area contributed by atoms with Crippen molar-refractivity contribution in [3.05, 3.63) is 64.7 Å². The first-order valence-corrected chi connectivity index (χ1v) is 10.5. The van der Waals surface area contributed by atoms with Gasteiger partial charge in [-0.3, -0.25) is 9.10 Å². The van der Waals surface area contributed by atoms with Crippen molar-refractivity contribution in [3.63, 3.8) is 0 Å². The SMILES string of the molecule is CCc1ccc(CC)c(CNC(=O)c2cccc(N(C)S(C)(=O)=O)c2)c1. The van der Waals surface area contributed by atoms with Gasteiger partial charge in [0.05, 0.1) is 11.9 Å². The Bertz CT molecular complexity index is 892. The van der Waals surface area contributed by atoms with Gasteiger partial charge in [0.2, 0.25) is 10.0 Å². The van der Waals surface area contributed by atoms with Crippen LogP contribution in [0.5, 0.6) is 0 Å². The summed E-state index contributed by atoms with van der Waals surface area (Å²) in [6.07, 6.45) is 2.99. The van der Waals surface area contributed by atoms with Gasteiger partial charge in [0.15, 0.2) is 0 Å². The van der Waals surface area contributed by atoms with Crippen molar-refractivity contribution in [2.45, 2.75) is 33.2 Å². The number of carbonyl (C=O) groups is 1. The van der Waals surface area contributed by atoms with Crippen LogP contribution in [0.3, 0.4) is 0 Å². The number of sulfonamides is 1. The van der Waals surface area contributed by atoms with Crippen molar-refractivity contribution in [1.29, 1.82) is 0 Å². The van der Waals surface area contributed by atoms with Crippen molar-refractivity contribution in [2.24, 2.45) is 0 Å². The average Bonchev–Trinajstić information content (AvgIpc) is 2.64. The van der Waals surface area contributed by atoms with E-state index in [9.17, 15) is 13.2 Å². The van der Waals surface area contributed by atoms with Crippen molar-refractivity contribution >= 4 is 21.6 Å². The number of amides is 1. The molecule has 0 saturated carbocycles. The van der Waals surface area contributed by atoms with E-state index in [0.717, 1.165) is 29.0 Å². The molecule has 0 saturated heterocycles. The first-order chi connectivity index (χ1) is 12.3. The van der Waals surface area contributed by atoms with Gasteiger partial charge in [0.25, 0.3) is 5.91 Å². The second-order valence-electron chi connectivity index (χ2n) is 6.27. The van der Waals surface area contributed by atoms with Crippen LogP contribution in [-0.4, -0.2) is 27.6 Å². The van der Waals surface area contributed by atoms with E-state index in [-0.39, 0.29) is 5.91 Å². The minimum atomic E-state index is -3.37. The standard InChI is InChI=1S/C20H26N2O3S/c1-5-15-10-11-16(6-2)18(12-15)14-21-20(23)17-8-7-9-19(13-17)22(3)26(4,24)25/h7-13H,5-6,14H2,1-4H3,(H,21,23). The first kappa shape index (κ1) is 20.0. The summed E-state index contributed by atoms with van der Waals surface area (Å²) in [7, 11) is -1.90. The summed E-state index contributed by atoms with van der Waals surface area (Å²) in [6.45, 7) is 4.64. The molecule has 6 heteroatoms. The predicted octanol–water partition coefficient (Wildman–Crippen LogP) is 3.14. The highest BCUT2D eigenvalue weighted by Crippen LogP contribution is 2.18. The molecule has 0 heterocycles. The number of rotatable bonds is 7. The van der Waals surface area contributed by atoms with Crippen LogP contribution in [0.2, 0.25) is 0 Å². The van der Waals surface area contributed by atoms with Gasteiger partial charge in [0.1, 0.15) is 0 Å². The van der Waals surface area contributed by atoms with Crippen LogP contribution in [0.1, 0.15) is 40.9 Å². The Kier molecular flexibility index (Phi) is 6.42. The maximum atomic E-state index is 12.5. The van der Waals surface area contributed by atoms with Crippen molar-refractivity contribution < 1.29 is 13.2 Å². The van der Waals surface area contributed by atoms with Crippen LogP contribution in [0.4, 0.5) is 5.69 Å². The number of hydrogen-bond donors (Lipinski definition) is 1. The van der Waals surface area contributed by atoms with E-state index in [0.29, 0.717) is 17.8 Å². The van der Waals surface area contributed by atoms with Gasteiger partial charge in [-0.25, -0.2) is 8.42 Å². The fraction of sp³-hybridized carbons (Fsp3) is 0.350. The molecule has 0 bridgehead atoms. The normalized spacial score (nSPS) is 11.2. The lowest BCUT2D eigenvalue weighted by molar-refractivity contribution is 0.0951. The number of anilines is 1. The number of nitrogens with zero attached hydrogens (tertiary/aromatic N) is 1. The number of benzene rings is 2. The fourth-order valence-corrected chi connectivity index (χ4v) is 3.22. The van der Waals surface area contributed by atoms with E-state index in [1.54, 1.807) is 24.3 Å². The lowest BCUT2D eigenvalue weighted by Gasteiger charge is -2.17. The Morgan fingerprint density at radius 2 is 1.77 bits per heavy atom. The zero-order valence-corrected chi connectivity index (χ0v) is 16.6. The lowest BCUT2D eigenvalue weighted by atomic mass is 10.0. The number of hydrogen-bond acceptors (Lipinski definition) is 3. The van der Waals surface area contributed by atoms with Crippen LogP contribution >= 0.6 is 0 Å². The minimum absolute atomic E-state index is 0.224. The topological polar surface area (TPSA) is 66.5 Å². The molecular weight excluding hydrogens is 348 g/mol. The summed E-state index contributed by atoms with van der Waals surface area (Å²) in [6, 6.07) is 13.0. The van der Waals surface area contributed by atoms with Gasteiger partial charge in [-0.05, 0) is 47.7 Å². The number of aryl methyl sites for hydroxylation is 2. The van der Waals surface area contributed by atoms with Gasteiger partial charge in [-0.1, -0.05) is 38.1 Å². The molecule has 0 aromatic heterocycles. The van der Waals surface area contributed by atoms with E-state index in [4.69, 9.17) is 0 Å². The zero-order valence-electron chi connectivity index (χ0n) is 15.7.